The molecule has 1 aliphatic rings. The minimum Gasteiger partial charge on any atom is -0.317 e. The van der Waals surface area contributed by atoms with Crippen LogP contribution in [0.2, 0.25) is 0 Å². The van der Waals surface area contributed by atoms with Crippen LogP contribution < -0.4 is 5.32 Å². The highest BCUT2D eigenvalue weighted by Crippen LogP contribution is 2.10. The molecule has 1 heterocycles. The van der Waals surface area contributed by atoms with Gasteiger partial charge in [-0.25, -0.2) is 0 Å². The third-order valence-electron chi connectivity index (χ3n) is 1.85. The second-order valence-corrected chi connectivity index (χ2v) is 2.60. The van der Waals surface area contributed by atoms with Gasteiger partial charge in [-0.15, -0.1) is 0 Å². The maximum absolute atomic E-state index is 3.88. The van der Waals surface area contributed by atoms with Gasteiger partial charge in [-0.2, -0.15) is 0 Å². The zero-order chi connectivity index (χ0) is 6.53. The number of nitrogens with one attached hydrogen (secondary N) is 1. The Morgan fingerprint density at radius 1 is 1.44 bits per heavy atom. The first-order valence-corrected chi connectivity index (χ1v) is 3.56. The zero-order valence-electron chi connectivity index (χ0n) is 5.77. The molecule has 0 amide bonds. The second-order valence-electron chi connectivity index (χ2n) is 2.60. The van der Waals surface area contributed by atoms with Gasteiger partial charge in [0.15, 0.2) is 0 Å². The molecule has 0 bridgehead atoms. The van der Waals surface area contributed by atoms with Crippen molar-refractivity contribution in [3.05, 3.63) is 0 Å². The number of hydrogen-bond acceptors (Lipinski definition) is 2. The fourth-order valence-corrected chi connectivity index (χ4v) is 1.25. The first-order valence-electron chi connectivity index (χ1n) is 3.56. The predicted octanol–water partition coefficient (Wildman–Crippen LogP) is 0.687. The van der Waals surface area contributed by atoms with Crippen LogP contribution in [-0.2, 0) is 0 Å². The minimum absolute atomic E-state index is 0.809. The van der Waals surface area contributed by atoms with E-state index >= 15 is 0 Å². The smallest absolute Gasteiger partial charge is 0.0411 e. The number of rotatable bonds is 2. The van der Waals surface area contributed by atoms with Gasteiger partial charge in [0.25, 0.3) is 0 Å². The standard InChI is InChI=1S/C7H14N2/c1-8-6-7-2-4-9-5-3-7/h7,9H,1-6H2. The first kappa shape index (κ1) is 6.75. The van der Waals surface area contributed by atoms with Crippen LogP contribution >= 0.6 is 0 Å². The van der Waals surface area contributed by atoms with E-state index in [1.54, 1.807) is 0 Å². The fourth-order valence-electron chi connectivity index (χ4n) is 1.25. The van der Waals surface area contributed by atoms with Crippen LogP contribution in [0, 0.1) is 5.92 Å². The maximum atomic E-state index is 3.88. The molecule has 2 heteroatoms. The molecule has 52 valence electrons. The Labute approximate surface area is 56.4 Å². The van der Waals surface area contributed by atoms with Gasteiger partial charge in [-0.3, -0.25) is 0 Å². The highest BCUT2D eigenvalue weighted by atomic mass is 14.9. The van der Waals surface area contributed by atoms with E-state index < -0.39 is 0 Å². The maximum Gasteiger partial charge on any atom is 0.0411 e. The molecule has 1 rings (SSSR count). The van der Waals surface area contributed by atoms with Crippen molar-refractivity contribution in [2.24, 2.45) is 10.9 Å². The topological polar surface area (TPSA) is 24.4 Å². The van der Waals surface area contributed by atoms with Crippen LogP contribution in [0.4, 0.5) is 0 Å². The van der Waals surface area contributed by atoms with Crippen LogP contribution in [0.15, 0.2) is 4.99 Å². The third kappa shape index (κ3) is 2.14. The van der Waals surface area contributed by atoms with E-state index in [0.29, 0.717) is 0 Å². The van der Waals surface area contributed by atoms with Crippen molar-refractivity contribution in [3.8, 4) is 0 Å². The lowest BCUT2D eigenvalue weighted by molar-refractivity contribution is 0.383. The van der Waals surface area contributed by atoms with Gasteiger partial charge in [0.1, 0.15) is 0 Å². The van der Waals surface area contributed by atoms with E-state index in [0.717, 1.165) is 12.5 Å². The van der Waals surface area contributed by atoms with E-state index in [4.69, 9.17) is 0 Å². The molecule has 1 aliphatic heterocycles. The van der Waals surface area contributed by atoms with Gasteiger partial charge in [-0.05, 0) is 38.6 Å². The lowest BCUT2D eigenvalue weighted by Crippen LogP contribution is -2.28. The molecule has 0 atom stereocenters. The summed E-state index contributed by atoms with van der Waals surface area (Å²) in [5, 5.41) is 3.31. The lowest BCUT2D eigenvalue weighted by Gasteiger charge is -2.20. The van der Waals surface area contributed by atoms with Crippen LogP contribution in [0.25, 0.3) is 0 Å². The van der Waals surface area contributed by atoms with Crippen LogP contribution in [-0.4, -0.2) is 26.4 Å². The van der Waals surface area contributed by atoms with Crippen molar-refractivity contribution in [2.45, 2.75) is 12.8 Å². The van der Waals surface area contributed by atoms with Crippen molar-refractivity contribution in [1.29, 1.82) is 0 Å². The fraction of sp³-hybridized carbons (Fsp3) is 0.857. The summed E-state index contributed by atoms with van der Waals surface area (Å²) in [6, 6.07) is 0. The Balaban J connectivity index is 2.15. The monoisotopic (exact) mass is 126 g/mol. The lowest BCUT2D eigenvalue weighted by atomic mass is 9.99. The average Bonchev–Trinajstić information content (AvgIpc) is 1.91. The summed E-state index contributed by atoms with van der Waals surface area (Å²) in [7, 11) is 0. The largest absolute Gasteiger partial charge is 0.317 e. The molecule has 1 saturated heterocycles. The number of hydrogen-bond donors (Lipinski definition) is 1. The van der Waals surface area contributed by atoms with E-state index in [1.165, 1.54) is 25.9 Å². The predicted molar refractivity (Wildman–Crippen MR) is 40.0 cm³/mol. The summed E-state index contributed by atoms with van der Waals surface area (Å²) in [6.45, 7) is 6.78. The summed E-state index contributed by atoms with van der Waals surface area (Å²) in [4.78, 5) is 3.88. The summed E-state index contributed by atoms with van der Waals surface area (Å²) in [5.74, 6) is 0.809. The van der Waals surface area contributed by atoms with Crippen LogP contribution in [0.1, 0.15) is 12.8 Å². The van der Waals surface area contributed by atoms with Crippen molar-refractivity contribution in [1.82, 2.24) is 5.32 Å². The van der Waals surface area contributed by atoms with Crippen LogP contribution in [0.3, 0.4) is 0 Å². The van der Waals surface area contributed by atoms with Crippen molar-refractivity contribution in [2.75, 3.05) is 19.6 Å². The van der Waals surface area contributed by atoms with E-state index in [9.17, 15) is 0 Å². The molecule has 0 aromatic heterocycles. The van der Waals surface area contributed by atoms with Gasteiger partial charge in [0.05, 0.1) is 0 Å². The molecule has 1 N–H and O–H groups in total. The van der Waals surface area contributed by atoms with Gasteiger partial charge < -0.3 is 10.3 Å². The van der Waals surface area contributed by atoms with Gasteiger partial charge in [-0.1, -0.05) is 0 Å². The Hall–Kier alpha value is -0.370. The van der Waals surface area contributed by atoms with Gasteiger partial charge >= 0.3 is 0 Å². The van der Waals surface area contributed by atoms with Gasteiger partial charge in [0.2, 0.25) is 0 Å². The first-order chi connectivity index (χ1) is 4.43. The number of nitrogens with zero attached hydrogens (tertiary/aromatic N) is 1. The molecule has 0 aliphatic carbocycles. The van der Waals surface area contributed by atoms with Gasteiger partial charge in [0, 0.05) is 6.54 Å². The van der Waals surface area contributed by atoms with E-state index in [2.05, 4.69) is 17.0 Å². The molecular weight excluding hydrogens is 112 g/mol. The molecule has 9 heavy (non-hydrogen) atoms. The molecule has 0 radical (unpaired) electrons. The number of aliphatic imine (C=N–C) groups is 1. The molecule has 0 unspecified atom stereocenters. The summed E-state index contributed by atoms with van der Waals surface area (Å²) < 4.78 is 0. The normalized spacial score (nSPS) is 21.8. The summed E-state index contributed by atoms with van der Waals surface area (Å²) >= 11 is 0. The summed E-state index contributed by atoms with van der Waals surface area (Å²) in [6.07, 6.45) is 2.55. The molecule has 0 spiro atoms. The van der Waals surface area contributed by atoms with Crippen molar-refractivity contribution < 1.29 is 0 Å². The van der Waals surface area contributed by atoms with Crippen molar-refractivity contribution in [3.63, 3.8) is 0 Å². The molecule has 0 saturated carbocycles. The molecule has 2 nitrogen and oxygen atoms in total. The molecule has 0 aromatic carbocycles. The second kappa shape index (κ2) is 3.62. The SMILES string of the molecule is C=NCC1CCNCC1. The Morgan fingerprint density at radius 3 is 2.67 bits per heavy atom. The quantitative estimate of drug-likeness (QED) is 0.541. The van der Waals surface area contributed by atoms with Crippen LogP contribution in [0.5, 0.6) is 0 Å². The highest BCUT2D eigenvalue weighted by molar-refractivity contribution is 5.23. The van der Waals surface area contributed by atoms with Crippen molar-refractivity contribution >= 4 is 6.72 Å². The average molecular weight is 126 g/mol. The molecular formula is C7H14N2. The van der Waals surface area contributed by atoms with E-state index in [1.807, 2.05) is 0 Å². The Kier molecular flexibility index (Phi) is 2.71. The zero-order valence-corrected chi connectivity index (χ0v) is 5.77. The Morgan fingerprint density at radius 2 is 2.11 bits per heavy atom. The Bertz CT molecular complexity index is 84.9. The van der Waals surface area contributed by atoms with E-state index in [-0.39, 0.29) is 0 Å². The minimum atomic E-state index is 0.809. The molecule has 1 fully saturated rings. The third-order valence-corrected chi connectivity index (χ3v) is 1.85. The summed E-state index contributed by atoms with van der Waals surface area (Å²) in [5.41, 5.74) is 0. The molecule has 0 aromatic rings. The number of piperidine rings is 1. The highest BCUT2D eigenvalue weighted by Gasteiger charge is 2.10.